The number of nitrogens with zero attached hydrogens (tertiary/aromatic N) is 2. The Labute approximate surface area is 87.9 Å². The summed E-state index contributed by atoms with van der Waals surface area (Å²) in [6, 6.07) is 6.71. The van der Waals surface area contributed by atoms with Crippen molar-refractivity contribution in [2.24, 2.45) is 5.73 Å². The van der Waals surface area contributed by atoms with E-state index in [9.17, 15) is 4.39 Å². The highest BCUT2D eigenvalue weighted by Gasteiger charge is 2.22. The molecule has 4 heteroatoms. The molecule has 1 aromatic carbocycles. The summed E-state index contributed by atoms with van der Waals surface area (Å²) in [5.74, 6) is -0.463. The molecular formula is C11H12FN3. The number of benzene rings is 1. The van der Waals surface area contributed by atoms with E-state index in [1.807, 2.05) is 11.0 Å². The fourth-order valence-corrected chi connectivity index (χ4v) is 1.89. The predicted molar refractivity (Wildman–Crippen MR) is 55.9 cm³/mol. The smallest absolute Gasteiger partial charge is 0.143 e. The van der Waals surface area contributed by atoms with Crippen LogP contribution in [0.5, 0.6) is 0 Å². The summed E-state index contributed by atoms with van der Waals surface area (Å²) in [5.41, 5.74) is 6.55. The molecule has 78 valence electrons. The lowest BCUT2D eigenvalue weighted by molar-refractivity contribution is 0.623. The van der Waals surface area contributed by atoms with Crippen LogP contribution in [0.1, 0.15) is 12.0 Å². The molecule has 1 aliphatic rings. The van der Waals surface area contributed by atoms with E-state index in [0.29, 0.717) is 12.2 Å². The molecule has 0 radical (unpaired) electrons. The molecule has 3 nitrogen and oxygen atoms in total. The first kappa shape index (κ1) is 9.94. The van der Waals surface area contributed by atoms with Crippen molar-refractivity contribution in [3.63, 3.8) is 0 Å². The monoisotopic (exact) mass is 205 g/mol. The zero-order chi connectivity index (χ0) is 10.8. The molecule has 0 aliphatic carbocycles. The van der Waals surface area contributed by atoms with Gasteiger partial charge in [0, 0.05) is 19.1 Å². The van der Waals surface area contributed by atoms with Gasteiger partial charge in [0.15, 0.2) is 0 Å². The van der Waals surface area contributed by atoms with Gasteiger partial charge < -0.3 is 10.6 Å². The van der Waals surface area contributed by atoms with Crippen LogP contribution in [-0.4, -0.2) is 19.1 Å². The maximum Gasteiger partial charge on any atom is 0.143 e. The number of halogens is 1. The van der Waals surface area contributed by atoms with Crippen LogP contribution in [0, 0.1) is 17.1 Å². The summed E-state index contributed by atoms with van der Waals surface area (Å²) < 4.78 is 13.3. The van der Waals surface area contributed by atoms with E-state index >= 15 is 0 Å². The summed E-state index contributed by atoms with van der Waals surface area (Å²) in [5, 5.41) is 8.88. The first-order chi connectivity index (χ1) is 7.22. The Morgan fingerprint density at radius 3 is 2.93 bits per heavy atom. The van der Waals surface area contributed by atoms with Crippen molar-refractivity contribution in [1.29, 1.82) is 5.26 Å². The second kappa shape index (κ2) is 3.87. The largest absolute Gasteiger partial charge is 0.369 e. The van der Waals surface area contributed by atoms with E-state index in [2.05, 4.69) is 0 Å². The van der Waals surface area contributed by atoms with Crippen molar-refractivity contribution in [1.82, 2.24) is 0 Å². The number of nitrogens with two attached hydrogens (primary N) is 1. The normalized spacial score (nSPS) is 20.3. The van der Waals surface area contributed by atoms with Crippen molar-refractivity contribution in [3.8, 4) is 6.07 Å². The van der Waals surface area contributed by atoms with Crippen molar-refractivity contribution >= 4 is 5.69 Å². The van der Waals surface area contributed by atoms with E-state index in [1.165, 1.54) is 6.07 Å². The summed E-state index contributed by atoms with van der Waals surface area (Å²) in [6.07, 6.45) is 0.890. The van der Waals surface area contributed by atoms with Gasteiger partial charge in [0.2, 0.25) is 0 Å². The van der Waals surface area contributed by atoms with Gasteiger partial charge in [-0.15, -0.1) is 0 Å². The Bertz CT molecular complexity index is 411. The zero-order valence-electron chi connectivity index (χ0n) is 8.28. The quantitative estimate of drug-likeness (QED) is 0.750. The summed E-state index contributed by atoms with van der Waals surface area (Å²) >= 11 is 0. The molecule has 0 bridgehead atoms. The highest BCUT2D eigenvalue weighted by molar-refractivity contribution is 5.60. The van der Waals surface area contributed by atoms with Gasteiger partial charge in [-0.1, -0.05) is 6.07 Å². The predicted octanol–water partition coefficient (Wildman–Crippen LogP) is 1.23. The highest BCUT2D eigenvalue weighted by Crippen LogP contribution is 2.25. The molecule has 1 aromatic rings. The van der Waals surface area contributed by atoms with Gasteiger partial charge in [-0.3, -0.25) is 0 Å². The lowest BCUT2D eigenvalue weighted by atomic mass is 10.1. The molecule has 15 heavy (non-hydrogen) atoms. The number of hydrogen-bond acceptors (Lipinski definition) is 3. The first-order valence-electron chi connectivity index (χ1n) is 4.91. The molecule has 1 aliphatic heterocycles. The second-order valence-corrected chi connectivity index (χ2v) is 3.74. The molecular weight excluding hydrogens is 193 g/mol. The van der Waals surface area contributed by atoms with Crippen LogP contribution < -0.4 is 10.6 Å². The van der Waals surface area contributed by atoms with Gasteiger partial charge >= 0.3 is 0 Å². The minimum absolute atomic E-state index is 0.117. The van der Waals surface area contributed by atoms with E-state index in [4.69, 9.17) is 11.0 Å². The third-order valence-electron chi connectivity index (χ3n) is 2.67. The number of rotatable bonds is 1. The Kier molecular flexibility index (Phi) is 2.57. The van der Waals surface area contributed by atoms with Crippen LogP contribution in [0.15, 0.2) is 18.2 Å². The third kappa shape index (κ3) is 1.79. The molecule has 1 heterocycles. The number of anilines is 1. The number of hydrogen-bond donors (Lipinski definition) is 1. The fourth-order valence-electron chi connectivity index (χ4n) is 1.89. The first-order valence-corrected chi connectivity index (χ1v) is 4.91. The van der Waals surface area contributed by atoms with Crippen LogP contribution in [-0.2, 0) is 0 Å². The maximum atomic E-state index is 13.3. The molecule has 0 spiro atoms. The van der Waals surface area contributed by atoms with Gasteiger partial charge in [0.1, 0.15) is 17.4 Å². The standard InChI is InChI=1S/C11H12FN3/c12-10-2-1-3-11(9(10)6-13)15-5-4-8(14)7-15/h1-3,8H,4-5,7,14H2. The van der Waals surface area contributed by atoms with Crippen molar-refractivity contribution in [2.75, 3.05) is 18.0 Å². The topological polar surface area (TPSA) is 53.0 Å². The minimum Gasteiger partial charge on any atom is -0.369 e. The van der Waals surface area contributed by atoms with Crippen molar-refractivity contribution < 1.29 is 4.39 Å². The van der Waals surface area contributed by atoms with Gasteiger partial charge in [-0.25, -0.2) is 4.39 Å². The van der Waals surface area contributed by atoms with Crippen molar-refractivity contribution in [2.45, 2.75) is 12.5 Å². The molecule has 0 amide bonds. The molecule has 2 N–H and O–H groups in total. The highest BCUT2D eigenvalue weighted by atomic mass is 19.1. The fraction of sp³-hybridized carbons (Fsp3) is 0.364. The molecule has 1 atom stereocenters. The summed E-state index contributed by atoms with van der Waals surface area (Å²) in [4.78, 5) is 1.96. The average molecular weight is 205 g/mol. The summed E-state index contributed by atoms with van der Waals surface area (Å²) in [6.45, 7) is 1.48. The van der Waals surface area contributed by atoms with Gasteiger partial charge in [-0.05, 0) is 18.6 Å². The van der Waals surface area contributed by atoms with E-state index in [1.54, 1.807) is 12.1 Å². The maximum absolute atomic E-state index is 13.3. The Balaban J connectivity index is 2.36. The zero-order valence-corrected chi connectivity index (χ0v) is 8.28. The molecule has 0 aromatic heterocycles. The molecule has 1 saturated heterocycles. The average Bonchev–Trinajstić information content (AvgIpc) is 2.64. The van der Waals surface area contributed by atoms with Gasteiger partial charge in [0.05, 0.1) is 5.69 Å². The summed E-state index contributed by atoms with van der Waals surface area (Å²) in [7, 11) is 0. The number of nitriles is 1. The minimum atomic E-state index is -0.463. The van der Waals surface area contributed by atoms with Crippen LogP contribution in [0.2, 0.25) is 0 Å². The van der Waals surface area contributed by atoms with Crippen LogP contribution in [0.3, 0.4) is 0 Å². The molecule has 2 rings (SSSR count). The van der Waals surface area contributed by atoms with Crippen LogP contribution >= 0.6 is 0 Å². The lowest BCUT2D eigenvalue weighted by Gasteiger charge is -2.19. The second-order valence-electron chi connectivity index (χ2n) is 3.74. The van der Waals surface area contributed by atoms with Crippen molar-refractivity contribution in [3.05, 3.63) is 29.6 Å². The lowest BCUT2D eigenvalue weighted by Crippen LogP contribution is -2.26. The molecule has 1 fully saturated rings. The van der Waals surface area contributed by atoms with E-state index in [0.717, 1.165) is 13.0 Å². The van der Waals surface area contributed by atoms with Gasteiger partial charge in [0.25, 0.3) is 0 Å². The Hall–Kier alpha value is -1.60. The van der Waals surface area contributed by atoms with Crippen LogP contribution in [0.25, 0.3) is 0 Å². The Morgan fingerprint density at radius 2 is 2.33 bits per heavy atom. The molecule has 0 saturated carbocycles. The third-order valence-corrected chi connectivity index (χ3v) is 2.67. The van der Waals surface area contributed by atoms with Crippen LogP contribution in [0.4, 0.5) is 10.1 Å². The van der Waals surface area contributed by atoms with E-state index in [-0.39, 0.29) is 11.6 Å². The van der Waals surface area contributed by atoms with E-state index < -0.39 is 5.82 Å². The SMILES string of the molecule is N#Cc1c(F)cccc1N1CCC(N)C1. The van der Waals surface area contributed by atoms with Gasteiger partial charge in [-0.2, -0.15) is 5.26 Å². The molecule has 1 unspecified atom stereocenters. The Morgan fingerprint density at radius 1 is 1.53 bits per heavy atom.